The summed E-state index contributed by atoms with van der Waals surface area (Å²) in [6, 6.07) is 16.1. The fourth-order valence-corrected chi connectivity index (χ4v) is 4.25. The number of amides is 1. The third-order valence-electron chi connectivity index (χ3n) is 4.62. The Morgan fingerprint density at radius 1 is 1.08 bits per heavy atom. The molecule has 0 bridgehead atoms. The highest BCUT2D eigenvalue weighted by Crippen LogP contribution is 2.34. The number of carbonyl (C=O) groups is 1. The molecule has 0 aliphatic heterocycles. The van der Waals surface area contributed by atoms with Crippen molar-refractivity contribution in [2.45, 2.75) is 42.4 Å². The number of nitrogens with zero attached hydrogens (tertiary/aromatic N) is 1. The van der Waals surface area contributed by atoms with E-state index < -0.39 is 0 Å². The minimum absolute atomic E-state index is 0.247. The summed E-state index contributed by atoms with van der Waals surface area (Å²) in [7, 11) is 0. The number of fused-ring (bicyclic) bond motifs is 1. The maximum Gasteiger partial charge on any atom is 0.295 e. The van der Waals surface area contributed by atoms with Crippen molar-refractivity contribution in [1.82, 2.24) is 5.16 Å². The Labute approximate surface area is 157 Å². The normalized spacial score (nSPS) is 13.3. The summed E-state index contributed by atoms with van der Waals surface area (Å²) in [6.45, 7) is 1.86. The smallest absolute Gasteiger partial charge is 0.295 e. The molecule has 0 spiro atoms. The molecule has 1 aliphatic rings. The van der Waals surface area contributed by atoms with Crippen LogP contribution in [0.3, 0.4) is 0 Å². The molecule has 0 saturated carbocycles. The third-order valence-corrected chi connectivity index (χ3v) is 5.81. The number of rotatable bonds is 4. The van der Waals surface area contributed by atoms with Gasteiger partial charge in [-0.2, -0.15) is 0 Å². The molecule has 1 aromatic heterocycles. The van der Waals surface area contributed by atoms with Crippen molar-refractivity contribution in [1.29, 1.82) is 0 Å². The van der Waals surface area contributed by atoms with Crippen molar-refractivity contribution in [3.8, 4) is 0 Å². The first kappa shape index (κ1) is 16.9. The second-order valence-corrected chi connectivity index (χ2v) is 7.53. The molecule has 1 heterocycles. The van der Waals surface area contributed by atoms with Crippen LogP contribution in [0.1, 0.15) is 40.2 Å². The van der Waals surface area contributed by atoms with Crippen molar-refractivity contribution >= 4 is 23.4 Å². The van der Waals surface area contributed by atoms with Gasteiger partial charge in [0, 0.05) is 10.6 Å². The molecule has 5 heteroatoms. The van der Waals surface area contributed by atoms with Crippen LogP contribution in [0, 0.1) is 6.92 Å². The molecule has 1 amide bonds. The van der Waals surface area contributed by atoms with Crippen LogP contribution in [0.5, 0.6) is 0 Å². The maximum absolute atomic E-state index is 12.9. The molecule has 26 heavy (non-hydrogen) atoms. The summed E-state index contributed by atoms with van der Waals surface area (Å²) < 4.78 is 5.36. The minimum atomic E-state index is -0.247. The zero-order valence-corrected chi connectivity index (χ0v) is 15.4. The van der Waals surface area contributed by atoms with Crippen LogP contribution in [0.4, 0.5) is 5.69 Å². The van der Waals surface area contributed by atoms with Crippen LogP contribution in [-0.2, 0) is 12.8 Å². The van der Waals surface area contributed by atoms with E-state index in [0.29, 0.717) is 0 Å². The van der Waals surface area contributed by atoms with E-state index >= 15 is 0 Å². The molecule has 2 aromatic carbocycles. The lowest BCUT2D eigenvalue weighted by Gasteiger charge is -2.19. The molecule has 1 aliphatic carbocycles. The molecule has 3 aromatic rings. The number of benzene rings is 2. The summed E-state index contributed by atoms with van der Waals surface area (Å²) >= 11 is 1.50. The van der Waals surface area contributed by atoms with Crippen LogP contribution in [0.25, 0.3) is 0 Å². The molecule has 1 N–H and O–H groups in total. The van der Waals surface area contributed by atoms with Gasteiger partial charge in [-0.3, -0.25) is 4.79 Å². The molecular formula is C21H20N2O2S. The second kappa shape index (κ2) is 7.38. The topological polar surface area (TPSA) is 55.1 Å². The molecule has 4 rings (SSSR count). The predicted molar refractivity (Wildman–Crippen MR) is 103 cm³/mol. The number of nitrogens with one attached hydrogen (secondary N) is 1. The van der Waals surface area contributed by atoms with Crippen molar-refractivity contribution in [3.63, 3.8) is 0 Å². The Morgan fingerprint density at radius 3 is 2.73 bits per heavy atom. The molecule has 4 nitrogen and oxygen atoms in total. The van der Waals surface area contributed by atoms with Crippen LogP contribution < -0.4 is 5.32 Å². The zero-order valence-electron chi connectivity index (χ0n) is 14.6. The number of anilines is 1. The standard InChI is InChI=1S/C21H20N2O2S/c1-14-20(26-16-10-3-2-4-11-16)19(25-23-14)21(24)22-18-13-7-9-15-8-5-6-12-17(15)18/h2-4,7,9-11,13H,5-6,8,12H2,1H3,(H,22,24). The van der Waals surface area contributed by atoms with Gasteiger partial charge in [-0.05, 0) is 61.9 Å². The monoisotopic (exact) mass is 364 g/mol. The van der Waals surface area contributed by atoms with Gasteiger partial charge >= 0.3 is 0 Å². The molecule has 0 saturated heterocycles. The minimum Gasteiger partial charge on any atom is -0.349 e. The number of aromatic nitrogens is 1. The van der Waals surface area contributed by atoms with Gasteiger partial charge < -0.3 is 9.84 Å². The average molecular weight is 364 g/mol. The van der Waals surface area contributed by atoms with Crippen molar-refractivity contribution < 1.29 is 9.32 Å². The van der Waals surface area contributed by atoms with Gasteiger partial charge in [-0.1, -0.05) is 47.3 Å². The molecule has 0 unspecified atom stereocenters. The van der Waals surface area contributed by atoms with E-state index in [2.05, 4.69) is 16.5 Å². The molecule has 0 radical (unpaired) electrons. The fraction of sp³-hybridized carbons (Fsp3) is 0.238. The quantitative estimate of drug-likeness (QED) is 0.685. The summed E-state index contributed by atoms with van der Waals surface area (Å²) in [6.07, 6.45) is 4.46. The van der Waals surface area contributed by atoms with Crippen molar-refractivity contribution in [2.24, 2.45) is 0 Å². The largest absolute Gasteiger partial charge is 0.349 e. The first-order chi connectivity index (χ1) is 12.7. The van der Waals surface area contributed by atoms with Crippen molar-refractivity contribution in [3.05, 3.63) is 71.1 Å². The number of aryl methyl sites for hydroxylation is 2. The summed E-state index contributed by atoms with van der Waals surface area (Å²) in [5.74, 6) is 0.0211. The van der Waals surface area contributed by atoms with E-state index in [-0.39, 0.29) is 11.7 Å². The average Bonchev–Trinajstić information content (AvgIpc) is 3.03. The highest BCUT2D eigenvalue weighted by Gasteiger charge is 2.23. The lowest BCUT2D eigenvalue weighted by molar-refractivity contribution is 0.0984. The highest BCUT2D eigenvalue weighted by atomic mass is 32.2. The zero-order chi connectivity index (χ0) is 17.9. The fourth-order valence-electron chi connectivity index (χ4n) is 3.31. The van der Waals surface area contributed by atoms with Gasteiger partial charge in [0.05, 0.1) is 10.6 Å². The lowest BCUT2D eigenvalue weighted by atomic mass is 9.90. The maximum atomic E-state index is 12.9. The molecule has 132 valence electrons. The number of hydrogen-bond acceptors (Lipinski definition) is 4. The van der Waals surface area contributed by atoms with Gasteiger partial charge in [0.25, 0.3) is 5.91 Å². The van der Waals surface area contributed by atoms with E-state index in [0.717, 1.165) is 40.4 Å². The molecular weight excluding hydrogens is 344 g/mol. The van der Waals surface area contributed by atoms with Crippen molar-refractivity contribution in [2.75, 3.05) is 5.32 Å². The Kier molecular flexibility index (Phi) is 4.80. The summed E-state index contributed by atoms with van der Waals surface area (Å²) in [5, 5.41) is 7.05. The van der Waals surface area contributed by atoms with E-state index in [9.17, 15) is 4.79 Å². The molecule has 0 atom stereocenters. The van der Waals surface area contributed by atoms with E-state index in [1.165, 1.54) is 29.3 Å². The van der Waals surface area contributed by atoms with Crippen LogP contribution in [0.15, 0.2) is 62.8 Å². The first-order valence-electron chi connectivity index (χ1n) is 8.83. The second-order valence-electron chi connectivity index (χ2n) is 6.45. The predicted octanol–water partition coefficient (Wildman–Crippen LogP) is 5.27. The Balaban J connectivity index is 1.60. The Morgan fingerprint density at radius 2 is 1.88 bits per heavy atom. The Hall–Kier alpha value is -2.53. The SMILES string of the molecule is Cc1noc(C(=O)Nc2cccc3c2CCCC3)c1Sc1ccccc1. The number of hydrogen-bond donors (Lipinski definition) is 1. The van der Waals surface area contributed by atoms with Crippen LogP contribution >= 0.6 is 11.8 Å². The first-order valence-corrected chi connectivity index (χ1v) is 9.65. The summed E-state index contributed by atoms with van der Waals surface area (Å²) in [4.78, 5) is 14.7. The van der Waals surface area contributed by atoms with Gasteiger partial charge in [0.2, 0.25) is 5.76 Å². The van der Waals surface area contributed by atoms with E-state index in [4.69, 9.17) is 4.52 Å². The van der Waals surface area contributed by atoms with E-state index in [1.54, 1.807) is 0 Å². The highest BCUT2D eigenvalue weighted by molar-refractivity contribution is 7.99. The van der Waals surface area contributed by atoms with Crippen LogP contribution in [-0.4, -0.2) is 11.1 Å². The van der Waals surface area contributed by atoms with Gasteiger partial charge in [-0.25, -0.2) is 0 Å². The van der Waals surface area contributed by atoms with Gasteiger partial charge in [0.1, 0.15) is 0 Å². The lowest BCUT2D eigenvalue weighted by Crippen LogP contribution is -2.15. The van der Waals surface area contributed by atoms with Gasteiger partial charge in [-0.15, -0.1) is 0 Å². The summed E-state index contributed by atoms with van der Waals surface area (Å²) in [5.41, 5.74) is 4.19. The van der Waals surface area contributed by atoms with Gasteiger partial charge in [0.15, 0.2) is 0 Å². The van der Waals surface area contributed by atoms with Crippen LogP contribution in [0.2, 0.25) is 0 Å². The number of carbonyl (C=O) groups excluding carboxylic acids is 1. The molecule has 0 fully saturated rings. The Bertz CT molecular complexity index is 934. The third kappa shape index (κ3) is 3.40. The van der Waals surface area contributed by atoms with E-state index in [1.807, 2.05) is 49.4 Å².